The van der Waals surface area contributed by atoms with Gasteiger partial charge in [0.05, 0.1) is 5.41 Å². The highest BCUT2D eigenvalue weighted by molar-refractivity contribution is 5.77. The fraction of sp³-hybridized carbons (Fsp3) is 0.846. The summed E-state index contributed by atoms with van der Waals surface area (Å²) in [5.74, 6) is 2.28. The van der Waals surface area contributed by atoms with E-state index in [1.807, 2.05) is 0 Å². The van der Waals surface area contributed by atoms with Crippen molar-refractivity contribution in [1.82, 2.24) is 0 Å². The highest BCUT2D eigenvalue weighted by Crippen LogP contribution is 2.60. The summed E-state index contributed by atoms with van der Waals surface area (Å²) in [6, 6.07) is 0. The summed E-state index contributed by atoms with van der Waals surface area (Å²) in [4.78, 5) is 17.1. The van der Waals surface area contributed by atoms with E-state index in [-0.39, 0.29) is 11.4 Å². The van der Waals surface area contributed by atoms with Gasteiger partial charge in [0.25, 0.3) is 0 Å². The Balaban J connectivity index is 1.80. The highest BCUT2D eigenvalue weighted by atomic mass is 16.7. The van der Waals surface area contributed by atoms with Crippen molar-refractivity contribution in [3.8, 4) is 0 Å². The maximum atomic E-state index is 12.1. The first-order valence-corrected chi connectivity index (χ1v) is 6.41. The maximum absolute atomic E-state index is 12.1. The monoisotopic (exact) mass is 221 g/mol. The van der Waals surface area contributed by atoms with Crippen molar-refractivity contribution in [2.75, 3.05) is 0 Å². The molecule has 4 saturated carbocycles. The van der Waals surface area contributed by atoms with Crippen molar-refractivity contribution in [3.05, 3.63) is 0 Å². The molecule has 88 valence electrons. The summed E-state index contributed by atoms with van der Waals surface area (Å²) in [5, 5.41) is 3.65. The van der Waals surface area contributed by atoms with Crippen molar-refractivity contribution in [3.63, 3.8) is 0 Å². The second-order valence-electron chi connectivity index (χ2n) is 5.94. The average molecular weight is 221 g/mol. The highest BCUT2D eigenvalue weighted by Gasteiger charge is 2.55. The van der Waals surface area contributed by atoms with Gasteiger partial charge >= 0.3 is 5.97 Å². The van der Waals surface area contributed by atoms with Crippen LogP contribution in [0.3, 0.4) is 0 Å². The minimum absolute atomic E-state index is 0.0651. The Labute approximate surface area is 96.2 Å². The first kappa shape index (κ1) is 10.3. The molecular formula is C13H19NO2. The zero-order valence-corrected chi connectivity index (χ0v) is 9.82. The number of hydrogen-bond donors (Lipinski definition) is 0. The third-order valence-corrected chi connectivity index (χ3v) is 4.71. The standard InChI is InChI=1S/C13H19NO2/c1-2-14-16-12(15)13-6-9-3-10(7-13)5-11(4-9)8-13/h2,9-11H,3-8H2,1H3/b14-2+. The molecule has 3 nitrogen and oxygen atoms in total. The molecule has 0 amide bonds. The van der Waals surface area contributed by atoms with Gasteiger partial charge in [-0.3, -0.25) is 0 Å². The molecule has 4 bridgehead atoms. The van der Waals surface area contributed by atoms with E-state index in [2.05, 4.69) is 5.16 Å². The van der Waals surface area contributed by atoms with Gasteiger partial charge in [0, 0.05) is 6.21 Å². The van der Waals surface area contributed by atoms with E-state index in [9.17, 15) is 4.79 Å². The van der Waals surface area contributed by atoms with E-state index < -0.39 is 0 Å². The predicted octanol–water partition coefficient (Wildman–Crippen LogP) is 2.75. The van der Waals surface area contributed by atoms with Gasteiger partial charge in [-0.1, -0.05) is 5.16 Å². The number of carbonyl (C=O) groups is 1. The lowest BCUT2D eigenvalue weighted by Gasteiger charge is -2.54. The lowest BCUT2D eigenvalue weighted by atomic mass is 9.49. The lowest BCUT2D eigenvalue weighted by Crippen LogP contribution is -2.50. The summed E-state index contributed by atoms with van der Waals surface area (Å²) < 4.78 is 0. The fourth-order valence-corrected chi connectivity index (χ4v) is 4.56. The third-order valence-electron chi connectivity index (χ3n) is 4.71. The molecule has 0 unspecified atom stereocenters. The van der Waals surface area contributed by atoms with E-state index in [1.54, 1.807) is 13.1 Å². The summed E-state index contributed by atoms with van der Waals surface area (Å²) >= 11 is 0. The van der Waals surface area contributed by atoms with Crippen LogP contribution >= 0.6 is 0 Å². The van der Waals surface area contributed by atoms with Gasteiger partial charge in [0.1, 0.15) is 0 Å². The Morgan fingerprint density at radius 2 is 1.69 bits per heavy atom. The SMILES string of the molecule is C/C=N/OC(=O)C12CC3CC(CC(C3)C1)C2. The van der Waals surface area contributed by atoms with Gasteiger partial charge in [0.15, 0.2) is 0 Å². The number of nitrogens with zero attached hydrogens (tertiary/aromatic N) is 1. The van der Waals surface area contributed by atoms with E-state index in [0.717, 1.165) is 37.0 Å². The van der Waals surface area contributed by atoms with Crippen LogP contribution in [0.15, 0.2) is 5.16 Å². The van der Waals surface area contributed by atoms with Gasteiger partial charge in [-0.15, -0.1) is 0 Å². The Morgan fingerprint density at radius 1 is 1.19 bits per heavy atom. The Kier molecular flexibility index (Phi) is 2.30. The van der Waals surface area contributed by atoms with Gasteiger partial charge in [0.2, 0.25) is 0 Å². The second-order valence-corrected chi connectivity index (χ2v) is 5.94. The van der Waals surface area contributed by atoms with Crippen LogP contribution in [-0.2, 0) is 9.63 Å². The molecule has 0 N–H and O–H groups in total. The molecule has 0 aromatic heterocycles. The summed E-state index contributed by atoms with van der Waals surface area (Å²) in [6.45, 7) is 1.77. The van der Waals surface area contributed by atoms with E-state index in [4.69, 9.17) is 4.84 Å². The first-order valence-electron chi connectivity index (χ1n) is 6.41. The largest absolute Gasteiger partial charge is 0.341 e. The Hall–Kier alpha value is -0.860. The normalized spacial score (nSPS) is 45.2. The van der Waals surface area contributed by atoms with Crippen LogP contribution in [-0.4, -0.2) is 12.2 Å². The predicted molar refractivity (Wildman–Crippen MR) is 60.9 cm³/mol. The van der Waals surface area contributed by atoms with Crippen LogP contribution in [0.4, 0.5) is 0 Å². The van der Waals surface area contributed by atoms with Crippen molar-refractivity contribution in [2.45, 2.75) is 45.4 Å². The van der Waals surface area contributed by atoms with Crippen LogP contribution in [0.25, 0.3) is 0 Å². The first-order chi connectivity index (χ1) is 7.72. The van der Waals surface area contributed by atoms with Gasteiger partial charge in [-0.05, 0) is 63.2 Å². The van der Waals surface area contributed by atoms with Crippen molar-refractivity contribution in [1.29, 1.82) is 0 Å². The molecular weight excluding hydrogens is 202 g/mol. The van der Waals surface area contributed by atoms with Gasteiger partial charge in [-0.25, -0.2) is 4.79 Å². The number of hydrogen-bond acceptors (Lipinski definition) is 3. The zero-order chi connectivity index (χ0) is 11.2. The molecule has 0 atom stereocenters. The summed E-state index contributed by atoms with van der Waals surface area (Å²) in [6.07, 6.45) is 8.75. The molecule has 0 saturated heterocycles. The molecule has 0 aromatic rings. The van der Waals surface area contributed by atoms with E-state index >= 15 is 0 Å². The molecule has 4 fully saturated rings. The van der Waals surface area contributed by atoms with Crippen LogP contribution in [0.2, 0.25) is 0 Å². The molecule has 0 spiro atoms. The van der Waals surface area contributed by atoms with E-state index in [1.165, 1.54) is 19.3 Å². The van der Waals surface area contributed by atoms with E-state index in [0.29, 0.717) is 0 Å². The third kappa shape index (κ3) is 1.48. The molecule has 4 rings (SSSR count). The number of carbonyl (C=O) groups excluding carboxylic acids is 1. The molecule has 0 aliphatic heterocycles. The molecule has 3 heteroatoms. The van der Waals surface area contributed by atoms with Crippen molar-refractivity contribution < 1.29 is 9.63 Å². The smallest absolute Gasteiger partial charge is 0.318 e. The minimum Gasteiger partial charge on any atom is -0.318 e. The average Bonchev–Trinajstić information content (AvgIpc) is 2.24. The fourth-order valence-electron chi connectivity index (χ4n) is 4.56. The van der Waals surface area contributed by atoms with Gasteiger partial charge in [-0.2, -0.15) is 0 Å². The maximum Gasteiger partial charge on any atom is 0.341 e. The topological polar surface area (TPSA) is 38.7 Å². The zero-order valence-electron chi connectivity index (χ0n) is 9.82. The quantitative estimate of drug-likeness (QED) is 0.408. The molecule has 0 radical (unpaired) electrons. The van der Waals surface area contributed by atoms with Crippen LogP contribution < -0.4 is 0 Å². The Morgan fingerprint density at radius 3 is 2.12 bits per heavy atom. The number of rotatable bonds is 2. The van der Waals surface area contributed by atoms with Crippen molar-refractivity contribution in [2.24, 2.45) is 28.3 Å². The molecule has 0 aromatic carbocycles. The summed E-state index contributed by atoms with van der Waals surface area (Å²) in [7, 11) is 0. The van der Waals surface area contributed by atoms with Crippen molar-refractivity contribution >= 4 is 12.2 Å². The number of oxime groups is 1. The second kappa shape index (κ2) is 3.57. The molecule has 0 heterocycles. The molecule has 4 aliphatic carbocycles. The van der Waals surface area contributed by atoms with Gasteiger partial charge < -0.3 is 4.84 Å². The summed E-state index contributed by atoms with van der Waals surface area (Å²) in [5.41, 5.74) is -0.165. The minimum atomic E-state index is -0.165. The lowest BCUT2D eigenvalue weighted by molar-refractivity contribution is -0.171. The Bertz CT molecular complexity index is 300. The van der Waals surface area contributed by atoms with Crippen LogP contribution in [0.1, 0.15) is 45.4 Å². The molecule has 4 aliphatic rings. The van der Waals surface area contributed by atoms with Crippen LogP contribution in [0, 0.1) is 23.2 Å². The molecule has 16 heavy (non-hydrogen) atoms. The van der Waals surface area contributed by atoms with Crippen LogP contribution in [0.5, 0.6) is 0 Å².